The summed E-state index contributed by atoms with van der Waals surface area (Å²) >= 11 is 0. The molecule has 1 rings (SSSR count). The van der Waals surface area contributed by atoms with Gasteiger partial charge in [0, 0.05) is 40.0 Å². The second-order valence-electron chi connectivity index (χ2n) is 5.66. The van der Waals surface area contributed by atoms with Crippen LogP contribution in [0.25, 0.3) is 0 Å². The Morgan fingerprint density at radius 2 is 1.73 bits per heavy atom. The summed E-state index contributed by atoms with van der Waals surface area (Å²) in [5.74, 6) is 0.138. The Morgan fingerprint density at radius 1 is 1.05 bits per heavy atom. The van der Waals surface area contributed by atoms with Gasteiger partial charge in [-0.25, -0.2) is 0 Å². The van der Waals surface area contributed by atoms with Gasteiger partial charge in [-0.15, -0.1) is 0 Å². The summed E-state index contributed by atoms with van der Waals surface area (Å²) in [5, 5.41) is 0. The molecular weight excluding hydrogens is 276 g/mol. The lowest BCUT2D eigenvalue weighted by Crippen LogP contribution is -2.36. The smallest absolute Gasteiger partial charge is 0.224 e. The number of hydrogen-bond donors (Lipinski definition) is 0. The number of amides is 2. The molecule has 4 heteroatoms. The lowest BCUT2D eigenvalue weighted by molar-refractivity contribution is -0.132. The number of benzene rings is 1. The van der Waals surface area contributed by atoms with Gasteiger partial charge in [-0.05, 0) is 18.4 Å². The highest BCUT2D eigenvalue weighted by Gasteiger charge is 2.13. The van der Waals surface area contributed by atoms with E-state index in [0.717, 1.165) is 25.8 Å². The van der Waals surface area contributed by atoms with Crippen molar-refractivity contribution in [3.63, 3.8) is 0 Å². The van der Waals surface area contributed by atoms with E-state index < -0.39 is 0 Å². The molecule has 0 spiro atoms. The first kappa shape index (κ1) is 18.2. The van der Waals surface area contributed by atoms with Crippen LogP contribution >= 0.6 is 0 Å². The van der Waals surface area contributed by atoms with E-state index in [9.17, 15) is 9.59 Å². The van der Waals surface area contributed by atoms with Gasteiger partial charge in [-0.3, -0.25) is 9.59 Å². The molecule has 0 saturated heterocycles. The Hall–Kier alpha value is -1.84. The number of hydrogen-bond acceptors (Lipinski definition) is 2. The second kappa shape index (κ2) is 9.98. The van der Waals surface area contributed by atoms with E-state index in [1.54, 1.807) is 16.7 Å². The molecule has 2 amide bonds. The number of nitrogens with zero attached hydrogens (tertiary/aromatic N) is 2. The monoisotopic (exact) mass is 304 g/mol. The summed E-state index contributed by atoms with van der Waals surface area (Å²) in [5.41, 5.74) is 1.21. The topological polar surface area (TPSA) is 40.6 Å². The molecule has 0 fully saturated rings. The predicted octanol–water partition coefficient (Wildman–Crippen LogP) is 2.73. The van der Waals surface area contributed by atoms with Crippen LogP contribution in [0.1, 0.15) is 38.7 Å². The van der Waals surface area contributed by atoms with Crippen molar-refractivity contribution >= 4 is 11.8 Å². The molecule has 0 radical (unpaired) electrons. The highest BCUT2D eigenvalue weighted by Crippen LogP contribution is 2.04. The highest BCUT2D eigenvalue weighted by molar-refractivity contribution is 5.78. The number of carbonyl (C=O) groups excluding carboxylic acids is 2. The standard InChI is InChI=1S/C18H28N2O2/c1-4-5-13-19(3)18(22)12-15-20(16(2)21)14-11-17-9-7-6-8-10-17/h6-10H,4-5,11-15H2,1-3H3. The Balaban J connectivity index is 2.41. The maximum absolute atomic E-state index is 12.0. The van der Waals surface area contributed by atoms with Crippen molar-refractivity contribution in [1.82, 2.24) is 9.80 Å². The molecule has 0 aliphatic rings. The lowest BCUT2D eigenvalue weighted by atomic mass is 10.1. The molecular formula is C18H28N2O2. The summed E-state index contributed by atoms with van der Waals surface area (Å²) < 4.78 is 0. The Kier molecular flexibility index (Phi) is 8.26. The number of unbranched alkanes of at least 4 members (excludes halogenated alkanes) is 1. The lowest BCUT2D eigenvalue weighted by Gasteiger charge is -2.23. The van der Waals surface area contributed by atoms with Crippen molar-refractivity contribution in [1.29, 1.82) is 0 Å². The summed E-state index contributed by atoms with van der Waals surface area (Å²) in [7, 11) is 1.83. The first-order valence-electron chi connectivity index (χ1n) is 8.08. The van der Waals surface area contributed by atoms with Crippen molar-refractivity contribution in [2.75, 3.05) is 26.7 Å². The zero-order valence-corrected chi connectivity index (χ0v) is 14.0. The fourth-order valence-electron chi connectivity index (χ4n) is 2.28. The molecule has 0 aliphatic carbocycles. The molecule has 0 atom stereocenters. The third-order valence-corrected chi connectivity index (χ3v) is 3.83. The van der Waals surface area contributed by atoms with Crippen molar-refractivity contribution in [3.8, 4) is 0 Å². The zero-order valence-electron chi connectivity index (χ0n) is 14.0. The van der Waals surface area contributed by atoms with Crippen LogP contribution in [0.4, 0.5) is 0 Å². The molecule has 0 saturated carbocycles. The first-order valence-corrected chi connectivity index (χ1v) is 8.08. The molecule has 0 unspecified atom stereocenters. The third kappa shape index (κ3) is 6.74. The van der Waals surface area contributed by atoms with Crippen LogP contribution in [-0.2, 0) is 16.0 Å². The van der Waals surface area contributed by atoms with Gasteiger partial charge in [0.2, 0.25) is 11.8 Å². The molecule has 0 N–H and O–H groups in total. The van der Waals surface area contributed by atoms with Crippen molar-refractivity contribution in [2.24, 2.45) is 0 Å². The maximum Gasteiger partial charge on any atom is 0.224 e. The van der Waals surface area contributed by atoms with E-state index in [4.69, 9.17) is 0 Å². The number of carbonyl (C=O) groups is 2. The van der Waals surface area contributed by atoms with E-state index in [-0.39, 0.29) is 11.8 Å². The summed E-state index contributed by atoms with van der Waals surface area (Å²) in [6, 6.07) is 10.1. The van der Waals surface area contributed by atoms with Gasteiger partial charge in [-0.2, -0.15) is 0 Å². The van der Waals surface area contributed by atoms with Gasteiger partial charge >= 0.3 is 0 Å². The minimum Gasteiger partial charge on any atom is -0.346 e. The largest absolute Gasteiger partial charge is 0.346 e. The van der Waals surface area contributed by atoms with E-state index in [0.29, 0.717) is 19.5 Å². The number of rotatable bonds is 9. The summed E-state index contributed by atoms with van der Waals surface area (Å²) in [6.07, 6.45) is 3.32. The average Bonchev–Trinajstić information content (AvgIpc) is 2.52. The molecule has 0 aliphatic heterocycles. The second-order valence-corrected chi connectivity index (χ2v) is 5.66. The van der Waals surface area contributed by atoms with Crippen molar-refractivity contribution < 1.29 is 9.59 Å². The van der Waals surface area contributed by atoms with E-state index in [2.05, 4.69) is 19.1 Å². The molecule has 0 aromatic heterocycles. The highest BCUT2D eigenvalue weighted by atomic mass is 16.2. The van der Waals surface area contributed by atoms with Crippen LogP contribution in [0.5, 0.6) is 0 Å². The molecule has 0 heterocycles. The van der Waals surface area contributed by atoms with E-state index >= 15 is 0 Å². The minimum absolute atomic E-state index is 0.0277. The van der Waals surface area contributed by atoms with Gasteiger partial charge < -0.3 is 9.80 Å². The Labute approximate surface area is 134 Å². The van der Waals surface area contributed by atoms with Crippen molar-refractivity contribution in [2.45, 2.75) is 39.5 Å². The SMILES string of the molecule is CCCCN(C)C(=O)CCN(CCc1ccccc1)C(C)=O. The van der Waals surface area contributed by atoms with Crippen molar-refractivity contribution in [3.05, 3.63) is 35.9 Å². The predicted molar refractivity (Wildman–Crippen MR) is 89.6 cm³/mol. The Bertz CT molecular complexity index is 459. The molecule has 1 aromatic rings. The quantitative estimate of drug-likeness (QED) is 0.704. The zero-order chi connectivity index (χ0) is 16.4. The average molecular weight is 304 g/mol. The Morgan fingerprint density at radius 3 is 2.32 bits per heavy atom. The minimum atomic E-state index is 0.0277. The fourth-order valence-corrected chi connectivity index (χ4v) is 2.28. The van der Waals surface area contributed by atoms with Crippen LogP contribution in [0.2, 0.25) is 0 Å². The van der Waals surface area contributed by atoms with Gasteiger partial charge in [0.15, 0.2) is 0 Å². The molecule has 122 valence electrons. The van der Waals surface area contributed by atoms with Gasteiger partial charge in [0.25, 0.3) is 0 Å². The van der Waals surface area contributed by atoms with Crippen LogP contribution in [-0.4, -0.2) is 48.3 Å². The maximum atomic E-state index is 12.0. The molecule has 0 bridgehead atoms. The first-order chi connectivity index (χ1) is 10.5. The van der Waals surface area contributed by atoms with Gasteiger partial charge in [0.1, 0.15) is 0 Å². The van der Waals surface area contributed by atoms with Crippen LogP contribution in [0.15, 0.2) is 30.3 Å². The van der Waals surface area contributed by atoms with Crippen LogP contribution in [0, 0.1) is 0 Å². The van der Waals surface area contributed by atoms with Gasteiger partial charge in [-0.1, -0.05) is 43.7 Å². The van der Waals surface area contributed by atoms with E-state index in [1.807, 2.05) is 25.2 Å². The normalized spacial score (nSPS) is 10.3. The molecule has 22 heavy (non-hydrogen) atoms. The summed E-state index contributed by atoms with van der Waals surface area (Å²) in [6.45, 7) is 5.62. The van der Waals surface area contributed by atoms with Crippen LogP contribution in [0.3, 0.4) is 0 Å². The van der Waals surface area contributed by atoms with E-state index in [1.165, 1.54) is 5.56 Å². The van der Waals surface area contributed by atoms with Gasteiger partial charge in [0.05, 0.1) is 0 Å². The third-order valence-electron chi connectivity index (χ3n) is 3.83. The molecule has 1 aromatic carbocycles. The molecule has 4 nitrogen and oxygen atoms in total. The fraction of sp³-hybridized carbons (Fsp3) is 0.556. The summed E-state index contributed by atoms with van der Waals surface area (Å²) in [4.78, 5) is 27.3. The van der Waals surface area contributed by atoms with Crippen LogP contribution < -0.4 is 0 Å².